The van der Waals surface area contributed by atoms with E-state index in [-0.39, 0.29) is 5.82 Å². The fraction of sp³-hybridized carbons (Fsp3) is 0.0968. The molecule has 0 amide bonds. The molecule has 0 saturated heterocycles. The second kappa shape index (κ2) is 13.1. The number of aryl methyl sites for hydroxylation is 2. The molecular weight excluding hydrogens is 660 g/mol. The van der Waals surface area contributed by atoms with Gasteiger partial charge in [-0.2, -0.15) is 0 Å². The maximum Gasteiger partial charge on any atom is 0.164 e. The van der Waals surface area contributed by atoms with Crippen molar-refractivity contribution in [2.45, 2.75) is 20.4 Å². The Labute approximate surface area is 274 Å². The Hall–Kier alpha value is -3.80. The Morgan fingerprint density at radius 2 is 1.25 bits per heavy atom. The number of aromatic nitrogens is 6. The van der Waals surface area contributed by atoms with Gasteiger partial charge in [-0.1, -0.05) is 46.9 Å². The van der Waals surface area contributed by atoms with Crippen molar-refractivity contribution in [1.82, 2.24) is 29.9 Å². The lowest BCUT2D eigenvalue weighted by atomic mass is 10.2. The van der Waals surface area contributed by atoms with Gasteiger partial charge in [0.05, 0.1) is 20.8 Å². The van der Waals surface area contributed by atoms with Crippen LogP contribution < -0.4 is 5.32 Å². The topological polar surface area (TPSA) is 89.4 Å². The van der Waals surface area contributed by atoms with E-state index in [9.17, 15) is 4.39 Å². The van der Waals surface area contributed by atoms with Crippen LogP contribution in [0.25, 0.3) is 43.2 Å². The molecule has 0 radical (unpaired) electrons. The lowest BCUT2D eigenvalue weighted by molar-refractivity contribution is 0.627. The first-order chi connectivity index (χ1) is 21.3. The molecule has 0 aliphatic heterocycles. The summed E-state index contributed by atoms with van der Waals surface area (Å²) in [6.45, 7) is 4.40. The maximum atomic E-state index is 13.1. The van der Waals surface area contributed by atoms with E-state index in [0.717, 1.165) is 46.9 Å². The summed E-state index contributed by atoms with van der Waals surface area (Å²) in [5.41, 5.74) is 2.62. The number of halogens is 4. The molecule has 6 heterocycles. The predicted octanol–water partition coefficient (Wildman–Crippen LogP) is 9.83. The van der Waals surface area contributed by atoms with Gasteiger partial charge in [-0.3, -0.25) is 9.97 Å². The summed E-state index contributed by atoms with van der Waals surface area (Å²) in [4.78, 5) is 29.9. The van der Waals surface area contributed by atoms with E-state index in [0.29, 0.717) is 39.2 Å². The van der Waals surface area contributed by atoms with Crippen molar-refractivity contribution in [2.24, 2.45) is 0 Å². The molecule has 44 heavy (non-hydrogen) atoms. The van der Waals surface area contributed by atoms with Crippen LogP contribution in [0.5, 0.6) is 0 Å². The molecule has 0 atom stereocenters. The van der Waals surface area contributed by atoms with Gasteiger partial charge >= 0.3 is 0 Å². The van der Waals surface area contributed by atoms with Crippen LogP contribution in [0, 0.1) is 19.7 Å². The van der Waals surface area contributed by atoms with Crippen molar-refractivity contribution >= 4 is 83.7 Å². The molecule has 0 fully saturated rings. The highest BCUT2D eigenvalue weighted by molar-refractivity contribution is 7.19. The average Bonchev–Trinajstić information content (AvgIpc) is 3.50. The quantitative estimate of drug-likeness (QED) is 0.181. The van der Waals surface area contributed by atoms with Gasteiger partial charge in [-0.05, 0) is 55.8 Å². The Morgan fingerprint density at radius 1 is 0.705 bits per heavy atom. The number of benzene rings is 1. The van der Waals surface area contributed by atoms with Crippen LogP contribution in [0.1, 0.15) is 15.3 Å². The van der Waals surface area contributed by atoms with Crippen LogP contribution in [0.4, 0.5) is 10.2 Å². The number of fused-ring (bicyclic) bond motifs is 2. The zero-order chi connectivity index (χ0) is 30.8. The van der Waals surface area contributed by atoms with Gasteiger partial charge in [-0.15, -0.1) is 22.7 Å². The molecule has 0 aliphatic rings. The fourth-order valence-electron chi connectivity index (χ4n) is 4.28. The second-order valence-corrected chi connectivity index (χ2v) is 13.0. The molecule has 0 spiro atoms. The third-order valence-electron chi connectivity index (χ3n) is 6.48. The molecule has 220 valence electrons. The van der Waals surface area contributed by atoms with Gasteiger partial charge in [0.15, 0.2) is 11.6 Å². The van der Waals surface area contributed by atoms with E-state index >= 15 is 0 Å². The maximum absolute atomic E-state index is 13.1. The van der Waals surface area contributed by atoms with Gasteiger partial charge in [0.25, 0.3) is 0 Å². The number of nitrogens with one attached hydrogen (secondary N) is 1. The summed E-state index contributed by atoms with van der Waals surface area (Å²) in [6.07, 6.45) is 6.85. The van der Waals surface area contributed by atoms with E-state index in [1.807, 2.05) is 38.1 Å². The summed E-state index contributed by atoms with van der Waals surface area (Å²) >= 11 is 21.9. The monoisotopic (exact) mass is 679 g/mol. The van der Waals surface area contributed by atoms with Crippen LogP contribution in [0.2, 0.25) is 15.2 Å². The van der Waals surface area contributed by atoms with Gasteiger partial charge in [-0.25, -0.2) is 24.3 Å². The van der Waals surface area contributed by atoms with Gasteiger partial charge < -0.3 is 5.32 Å². The number of pyridine rings is 2. The minimum Gasteiger partial charge on any atom is -0.365 e. The Kier molecular flexibility index (Phi) is 8.97. The number of thiophene rings is 2. The molecule has 13 heteroatoms. The fourth-order valence-corrected chi connectivity index (χ4v) is 7.18. The van der Waals surface area contributed by atoms with Gasteiger partial charge in [0.2, 0.25) is 0 Å². The van der Waals surface area contributed by atoms with Crippen molar-refractivity contribution in [2.75, 3.05) is 5.32 Å². The van der Waals surface area contributed by atoms with Crippen LogP contribution in [0.3, 0.4) is 0 Å². The van der Waals surface area contributed by atoms with Crippen molar-refractivity contribution in [3.05, 3.63) is 110 Å². The number of rotatable bonds is 5. The molecule has 0 saturated carbocycles. The second-order valence-electron chi connectivity index (χ2n) is 9.50. The standard InChI is InChI=1S/C19H14ClFN4S.C12H7Cl2N3S/c1-11-16(20)15-18(23-9-12-4-6-14(21)7-5-12)24-17(25-19(15)26-11)13-3-2-8-22-10-13;1-6-9(13)8-10(14)16-11(17-12(8)18-6)7-3-2-4-15-5-7/h2-8,10H,9H2,1H3,(H,23,24,25);2-5H,1H3. The Morgan fingerprint density at radius 3 is 1.82 bits per heavy atom. The molecule has 1 aromatic carbocycles. The summed E-state index contributed by atoms with van der Waals surface area (Å²) in [5.74, 6) is 1.56. The van der Waals surface area contributed by atoms with E-state index in [1.165, 1.54) is 34.8 Å². The normalized spacial score (nSPS) is 11.0. The predicted molar refractivity (Wildman–Crippen MR) is 180 cm³/mol. The Balaban J connectivity index is 0.000000167. The third-order valence-corrected chi connectivity index (χ3v) is 9.92. The molecule has 0 unspecified atom stereocenters. The van der Waals surface area contributed by atoms with Crippen molar-refractivity contribution in [3.8, 4) is 22.8 Å². The largest absolute Gasteiger partial charge is 0.365 e. The average molecular weight is 681 g/mol. The highest BCUT2D eigenvalue weighted by Gasteiger charge is 2.17. The zero-order valence-electron chi connectivity index (χ0n) is 23.1. The van der Waals surface area contributed by atoms with Crippen LogP contribution in [-0.4, -0.2) is 29.9 Å². The molecule has 0 aliphatic carbocycles. The highest BCUT2D eigenvalue weighted by Crippen LogP contribution is 2.39. The number of hydrogen-bond acceptors (Lipinski definition) is 9. The van der Waals surface area contributed by atoms with Crippen LogP contribution in [0.15, 0.2) is 73.3 Å². The summed E-state index contributed by atoms with van der Waals surface area (Å²) in [6, 6.07) is 13.9. The molecule has 6 aromatic heterocycles. The molecule has 7 rings (SSSR count). The first-order valence-corrected chi connectivity index (χ1v) is 15.9. The van der Waals surface area contributed by atoms with Crippen LogP contribution >= 0.6 is 57.5 Å². The van der Waals surface area contributed by atoms with Crippen molar-refractivity contribution < 1.29 is 4.39 Å². The van der Waals surface area contributed by atoms with E-state index in [4.69, 9.17) is 34.8 Å². The highest BCUT2D eigenvalue weighted by atomic mass is 35.5. The lowest BCUT2D eigenvalue weighted by Gasteiger charge is -2.09. The summed E-state index contributed by atoms with van der Waals surface area (Å²) < 4.78 is 13.1. The molecule has 1 N–H and O–H groups in total. The molecular formula is C31H21Cl3FN7S2. The van der Waals surface area contributed by atoms with Gasteiger partial charge in [0.1, 0.15) is 26.4 Å². The first kappa shape index (κ1) is 30.2. The minimum absolute atomic E-state index is 0.256. The van der Waals surface area contributed by atoms with E-state index < -0.39 is 0 Å². The smallest absolute Gasteiger partial charge is 0.164 e. The third kappa shape index (κ3) is 6.36. The van der Waals surface area contributed by atoms with E-state index in [2.05, 4.69) is 35.2 Å². The first-order valence-electron chi connectivity index (χ1n) is 13.2. The van der Waals surface area contributed by atoms with E-state index in [1.54, 1.807) is 36.9 Å². The van der Waals surface area contributed by atoms with Gasteiger partial charge in [0, 0.05) is 52.2 Å². The van der Waals surface area contributed by atoms with Crippen LogP contribution in [-0.2, 0) is 6.54 Å². The molecule has 7 aromatic rings. The number of hydrogen-bond donors (Lipinski definition) is 1. The number of anilines is 1. The number of nitrogens with zero attached hydrogens (tertiary/aromatic N) is 6. The lowest BCUT2D eigenvalue weighted by Crippen LogP contribution is -2.04. The molecule has 0 bridgehead atoms. The summed E-state index contributed by atoms with van der Waals surface area (Å²) in [5, 5.41) is 6.53. The minimum atomic E-state index is -0.256. The Bertz CT molecular complexity index is 2090. The SMILES string of the molecule is Cc1sc2nc(-c3cccnc3)nc(Cl)c2c1Cl.Cc1sc2nc(-c3cccnc3)nc(NCc3ccc(F)cc3)c2c1Cl. The summed E-state index contributed by atoms with van der Waals surface area (Å²) in [7, 11) is 0. The molecule has 7 nitrogen and oxygen atoms in total. The van der Waals surface area contributed by atoms with Crippen molar-refractivity contribution in [3.63, 3.8) is 0 Å². The zero-order valence-corrected chi connectivity index (χ0v) is 27.0. The van der Waals surface area contributed by atoms with Crippen molar-refractivity contribution in [1.29, 1.82) is 0 Å².